The number of benzene rings is 2. The third kappa shape index (κ3) is 6.20. The van der Waals surface area contributed by atoms with Gasteiger partial charge in [0.25, 0.3) is 11.8 Å². The Kier molecular flexibility index (Phi) is 7.84. The van der Waals surface area contributed by atoms with Crippen LogP contribution < -0.4 is 10.1 Å². The third-order valence-corrected chi connectivity index (χ3v) is 5.48. The van der Waals surface area contributed by atoms with Gasteiger partial charge in [-0.2, -0.15) is 0 Å². The average molecular weight is 453 g/mol. The van der Waals surface area contributed by atoms with Crippen molar-refractivity contribution in [3.8, 4) is 17.0 Å². The van der Waals surface area contributed by atoms with E-state index in [-0.39, 0.29) is 24.7 Å². The summed E-state index contributed by atoms with van der Waals surface area (Å²) in [6, 6.07) is 18.9. The van der Waals surface area contributed by atoms with Crippen molar-refractivity contribution >= 4 is 11.9 Å². The molecule has 0 fully saturated rings. The van der Waals surface area contributed by atoms with Crippen LogP contribution in [0.15, 0.2) is 65.2 Å². The van der Waals surface area contributed by atoms with Crippen LogP contribution in [0.3, 0.4) is 0 Å². The Hall–Kier alpha value is -3.65. The molecule has 174 valence electrons. The Balaban J connectivity index is 1.81. The second-order valence-corrected chi connectivity index (χ2v) is 8.17. The molecular weight excluding hydrogens is 424 g/mol. The molecule has 0 radical (unpaired) electrons. The van der Waals surface area contributed by atoms with Crippen molar-refractivity contribution in [2.24, 2.45) is 5.41 Å². The van der Waals surface area contributed by atoms with Gasteiger partial charge in [0.05, 0.1) is 25.2 Å². The van der Waals surface area contributed by atoms with Gasteiger partial charge in [0.2, 0.25) is 5.76 Å². The SMILES string of the molecule is COCC(C)(C[C@@H](Cc1ccc(-c2ccccc2)cc1)NC(=O)c1cc(OC)no1)C(=O)O. The molecule has 2 atom stereocenters. The molecule has 1 unspecified atom stereocenters. The van der Waals surface area contributed by atoms with E-state index in [9.17, 15) is 14.7 Å². The lowest BCUT2D eigenvalue weighted by Crippen LogP contribution is -2.44. The summed E-state index contributed by atoms with van der Waals surface area (Å²) >= 11 is 0. The van der Waals surface area contributed by atoms with Crippen LogP contribution in [0.4, 0.5) is 0 Å². The largest absolute Gasteiger partial charge is 0.481 e. The first kappa shape index (κ1) is 24.0. The molecule has 8 heteroatoms. The third-order valence-electron chi connectivity index (χ3n) is 5.48. The van der Waals surface area contributed by atoms with E-state index >= 15 is 0 Å². The van der Waals surface area contributed by atoms with Gasteiger partial charge in [-0.25, -0.2) is 0 Å². The maximum absolute atomic E-state index is 12.7. The van der Waals surface area contributed by atoms with Crippen molar-refractivity contribution in [3.05, 3.63) is 72.0 Å². The van der Waals surface area contributed by atoms with Gasteiger partial charge < -0.3 is 24.4 Å². The van der Waals surface area contributed by atoms with Gasteiger partial charge in [-0.3, -0.25) is 9.59 Å². The molecule has 33 heavy (non-hydrogen) atoms. The second-order valence-electron chi connectivity index (χ2n) is 8.17. The van der Waals surface area contributed by atoms with Gasteiger partial charge in [0, 0.05) is 13.2 Å². The molecular formula is C25H28N2O6. The Morgan fingerprint density at radius 3 is 2.33 bits per heavy atom. The fourth-order valence-electron chi connectivity index (χ4n) is 3.71. The monoisotopic (exact) mass is 452 g/mol. The van der Waals surface area contributed by atoms with Crippen molar-refractivity contribution in [1.29, 1.82) is 0 Å². The lowest BCUT2D eigenvalue weighted by Gasteiger charge is -2.29. The van der Waals surface area contributed by atoms with Gasteiger partial charge >= 0.3 is 5.97 Å². The molecule has 1 amide bonds. The number of nitrogens with zero attached hydrogens (tertiary/aromatic N) is 1. The van der Waals surface area contributed by atoms with Gasteiger partial charge in [-0.05, 0) is 41.6 Å². The number of carboxylic acid groups (broad SMARTS) is 1. The van der Waals surface area contributed by atoms with Crippen LogP contribution in [0, 0.1) is 5.41 Å². The molecule has 1 aromatic heterocycles. The summed E-state index contributed by atoms with van der Waals surface area (Å²) in [7, 11) is 2.88. The maximum Gasteiger partial charge on any atom is 0.311 e. The van der Waals surface area contributed by atoms with Crippen molar-refractivity contribution in [2.45, 2.75) is 25.8 Å². The highest BCUT2D eigenvalue weighted by Gasteiger charge is 2.37. The predicted molar refractivity (Wildman–Crippen MR) is 122 cm³/mol. The van der Waals surface area contributed by atoms with Crippen LogP contribution in [0.2, 0.25) is 0 Å². The molecule has 3 aromatic rings. The standard InChI is InChI=1S/C25H28N2O6/c1-25(16-31-2,24(29)30)15-20(26-23(28)21-14-22(32-3)27-33-21)13-17-9-11-19(12-10-17)18-7-5-4-6-8-18/h4-12,14,20H,13,15-16H2,1-3H3,(H,26,28)(H,29,30)/t20-,25?/m1/s1. The molecule has 3 rings (SSSR count). The number of nitrogens with one attached hydrogen (secondary N) is 1. The molecule has 0 aliphatic heterocycles. The zero-order valence-electron chi connectivity index (χ0n) is 18.9. The van der Waals surface area contributed by atoms with Gasteiger partial charge in [0.1, 0.15) is 0 Å². The average Bonchev–Trinajstić information content (AvgIpc) is 3.30. The number of carboxylic acids is 1. The van der Waals surface area contributed by atoms with Crippen molar-refractivity contribution in [2.75, 3.05) is 20.8 Å². The van der Waals surface area contributed by atoms with Crippen LogP contribution in [0.5, 0.6) is 5.88 Å². The lowest BCUT2D eigenvalue weighted by molar-refractivity contribution is -0.152. The van der Waals surface area contributed by atoms with Crippen LogP contribution in [-0.2, 0) is 16.0 Å². The Labute approximate surface area is 192 Å². The van der Waals surface area contributed by atoms with E-state index in [1.807, 2.05) is 54.6 Å². The fourth-order valence-corrected chi connectivity index (χ4v) is 3.71. The molecule has 0 saturated carbocycles. The Morgan fingerprint density at radius 2 is 1.76 bits per heavy atom. The molecule has 1 heterocycles. The quantitative estimate of drug-likeness (QED) is 0.455. The molecule has 0 bridgehead atoms. The summed E-state index contributed by atoms with van der Waals surface area (Å²) in [6.45, 7) is 1.62. The smallest absolute Gasteiger partial charge is 0.311 e. The first-order valence-electron chi connectivity index (χ1n) is 10.5. The second kappa shape index (κ2) is 10.8. The first-order chi connectivity index (χ1) is 15.8. The number of rotatable bonds is 11. The van der Waals surface area contributed by atoms with E-state index in [4.69, 9.17) is 14.0 Å². The summed E-state index contributed by atoms with van der Waals surface area (Å²) in [5, 5.41) is 16.3. The van der Waals surface area contributed by atoms with E-state index < -0.39 is 23.3 Å². The number of aromatic nitrogens is 1. The minimum absolute atomic E-state index is 0.0117. The normalized spacial score (nSPS) is 13.7. The Morgan fingerprint density at radius 1 is 1.09 bits per heavy atom. The minimum Gasteiger partial charge on any atom is -0.481 e. The van der Waals surface area contributed by atoms with E-state index in [2.05, 4.69) is 10.5 Å². The van der Waals surface area contributed by atoms with Crippen LogP contribution >= 0.6 is 0 Å². The minimum atomic E-state index is -1.18. The number of hydrogen-bond acceptors (Lipinski definition) is 6. The van der Waals surface area contributed by atoms with Crippen molar-refractivity contribution in [1.82, 2.24) is 10.5 Å². The van der Waals surface area contributed by atoms with Gasteiger partial charge in [-0.1, -0.05) is 54.6 Å². The van der Waals surface area contributed by atoms with Crippen LogP contribution in [-0.4, -0.2) is 49.0 Å². The Bertz CT molecular complexity index is 1060. The topological polar surface area (TPSA) is 111 Å². The molecule has 0 spiro atoms. The van der Waals surface area contributed by atoms with E-state index in [0.29, 0.717) is 6.42 Å². The zero-order valence-corrected chi connectivity index (χ0v) is 18.9. The van der Waals surface area contributed by atoms with Crippen LogP contribution in [0.25, 0.3) is 11.1 Å². The highest BCUT2D eigenvalue weighted by molar-refractivity contribution is 5.91. The lowest BCUT2D eigenvalue weighted by atomic mass is 9.82. The number of methoxy groups -OCH3 is 2. The van der Waals surface area contributed by atoms with Gasteiger partial charge in [0.15, 0.2) is 0 Å². The summed E-state index contributed by atoms with van der Waals surface area (Å²) in [5.74, 6) is -1.32. The van der Waals surface area contributed by atoms with E-state index in [1.54, 1.807) is 6.92 Å². The number of carbonyl (C=O) groups is 2. The van der Waals surface area contributed by atoms with Crippen molar-refractivity contribution < 1.29 is 28.7 Å². The first-order valence-corrected chi connectivity index (χ1v) is 10.5. The molecule has 8 nitrogen and oxygen atoms in total. The summed E-state index contributed by atoms with van der Waals surface area (Å²) in [4.78, 5) is 24.7. The van der Waals surface area contributed by atoms with E-state index in [0.717, 1.165) is 16.7 Å². The fraction of sp³-hybridized carbons (Fsp3) is 0.320. The molecule has 2 aromatic carbocycles. The predicted octanol–water partition coefficient (Wildman–Crippen LogP) is 3.82. The number of amides is 1. The van der Waals surface area contributed by atoms with Crippen LogP contribution in [0.1, 0.15) is 29.5 Å². The summed E-state index contributed by atoms with van der Waals surface area (Å²) in [5.41, 5.74) is 1.95. The molecule has 2 N–H and O–H groups in total. The highest BCUT2D eigenvalue weighted by Crippen LogP contribution is 2.27. The molecule has 0 saturated heterocycles. The number of hydrogen-bond donors (Lipinski definition) is 2. The van der Waals surface area contributed by atoms with E-state index in [1.165, 1.54) is 20.3 Å². The summed E-state index contributed by atoms with van der Waals surface area (Å²) in [6.07, 6.45) is 0.590. The molecule has 0 aliphatic rings. The van der Waals surface area contributed by atoms with Gasteiger partial charge in [-0.15, -0.1) is 0 Å². The van der Waals surface area contributed by atoms with Crippen molar-refractivity contribution in [3.63, 3.8) is 0 Å². The molecule has 0 aliphatic carbocycles. The zero-order chi connectivity index (χ0) is 23.8. The maximum atomic E-state index is 12.7. The number of ether oxygens (including phenoxy) is 2. The number of aliphatic carboxylic acids is 1. The highest BCUT2D eigenvalue weighted by atomic mass is 16.5. The number of carbonyl (C=O) groups excluding carboxylic acids is 1. The summed E-state index contributed by atoms with van der Waals surface area (Å²) < 4.78 is 15.1.